The van der Waals surface area contributed by atoms with Crippen LogP contribution in [0.2, 0.25) is 0 Å². The molecule has 0 radical (unpaired) electrons. The van der Waals surface area contributed by atoms with Gasteiger partial charge in [-0.15, -0.1) is 0 Å². The molecule has 0 saturated heterocycles. The summed E-state index contributed by atoms with van der Waals surface area (Å²) in [5.41, 5.74) is 4.20. The Labute approximate surface area is 207 Å². The third-order valence-electron chi connectivity index (χ3n) is 6.29. The molecular formula is C31H32O4. The lowest BCUT2D eigenvalue weighted by Gasteiger charge is -2.30. The maximum atomic E-state index is 9.93. The zero-order valence-electron chi connectivity index (χ0n) is 20.1. The Hall–Kier alpha value is -3.92. The monoisotopic (exact) mass is 468 g/mol. The van der Waals surface area contributed by atoms with E-state index in [9.17, 15) is 15.3 Å². The number of aromatic hydroxyl groups is 3. The maximum absolute atomic E-state index is 9.93. The van der Waals surface area contributed by atoms with E-state index in [-0.39, 0.29) is 29.1 Å². The molecule has 4 heteroatoms. The molecule has 0 bridgehead atoms. The first-order valence-electron chi connectivity index (χ1n) is 12.0. The molecule has 0 aromatic heterocycles. The molecular weight excluding hydrogens is 436 g/mol. The van der Waals surface area contributed by atoms with E-state index in [0.29, 0.717) is 12.5 Å². The van der Waals surface area contributed by atoms with Crippen molar-refractivity contribution in [2.45, 2.75) is 32.1 Å². The second-order valence-electron chi connectivity index (χ2n) is 9.33. The average molecular weight is 469 g/mol. The predicted molar refractivity (Wildman–Crippen MR) is 139 cm³/mol. The highest BCUT2D eigenvalue weighted by Gasteiger charge is 2.28. The highest BCUT2D eigenvalue weighted by atomic mass is 16.5. The number of ether oxygens (including phenoxy) is 1. The molecule has 1 unspecified atom stereocenters. The van der Waals surface area contributed by atoms with E-state index < -0.39 is 0 Å². The first-order valence-corrected chi connectivity index (χ1v) is 12.0. The topological polar surface area (TPSA) is 69.9 Å². The maximum Gasteiger partial charge on any atom is 0.119 e. The van der Waals surface area contributed by atoms with Gasteiger partial charge in [0.1, 0.15) is 23.0 Å². The zero-order chi connectivity index (χ0) is 24.8. The molecule has 4 nitrogen and oxygen atoms in total. The van der Waals surface area contributed by atoms with E-state index in [1.165, 1.54) is 0 Å². The summed E-state index contributed by atoms with van der Waals surface area (Å²) in [6, 6.07) is 30.0. The number of rotatable bonds is 9. The van der Waals surface area contributed by atoms with E-state index in [0.717, 1.165) is 34.4 Å². The molecule has 35 heavy (non-hydrogen) atoms. The lowest BCUT2D eigenvalue weighted by atomic mass is 9.73. The molecule has 0 fully saturated rings. The predicted octanol–water partition coefficient (Wildman–Crippen LogP) is 7.19. The highest BCUT2D eigenvalue weighted by molar-refractivity contribution is 5.48. The second-order valence-corrected chi connectivity index (χ2v) is 9.33. The number of phenolic OH excluding ortho intramolecular Hbond substituents is 3. The molecule has 0 amide bonds. The quantitative estimate of drug-likeness (QED) is 0.243. The molecule has 3 N–H and O–H groups in total. The van der Waals surface area contributed by atoms with Crippen molar-refractivity contribution in [3.8, 4) is 23.0 Å². The number of hydrogen-bond donors (Lipinski definition) is 3. The van der Waals surface area contributed by atoms with Crippen molar-refractivity contribution in [2.24, 2.45) is 5.92 Å². The van der Waals surface area contributed by atoms with Crippen molar-refractivity contribution < 1.29 is 20.1 Å². The second kappa shape index (κ2) is 11.0. The zero-order valence-corrected chi connectivity index (χ0v) is 20.1. The van der Waals surface area contributed by atoms with Crippen LogP contribution in [-0.4, -0.2) is 21.9 Å². The van der Waals surface area contributed by atoms with Crippen LogP contribution in [0.15, 0.2) is 97.1 Å². The van der Waals surface area contributed by atoms with Gasteiger partial charge < -0.3 is 20.1 Å². The molecule has 4 rings (SSSR count). The van der Waals surface area contributed by atoms with Crippen molar-refractivity contribution in [3.05, 3.63) is 119 Å². The first kappa shape index (κ1) is 24.2. The van der Waals surface area contributed by atoms with Crippen LogP contribution >= 0.6 is 0 Å². The van der Waals surface area contributed by atoms with Crippen LogP contribution in [0.5, 0.6) is 23.0 Å². The SMILES string of the molecule is CC(C)CCOc1ccc(C(c2ccc(O)cc2)C(c2ccc(O)cc2)c2ccc(O)cc2)cc1. The molecule has 0 saturated carbocycles. The summed E-state index contributed by atoms with van der Waals surface area (Å²) in [5.74, 6) is 1.87. The summed E-state index contributed by atoms with van der Waals surface area (Å²) in [7, 11) is 0. The smallest absolute Gasteiger partial charge is 0.119 e. The van der Waals surface area contributed by atoms with Gasteiger partial charge in [-0.1, -0.05) is 62.4 Å². The summed E-state index contributed by atoms with van der Waals surface area (Å²) in [5, 5.41) is 29.7. The Morgan fingerprint density at radius 2 is 0.829 bits per heavy atom. The van der Waals surface area contributed by atoms with Gasteiger partial charge in [-0.05, 0) is 83.1 Å². The summed E-state index contributed by atoms with van der Waals surface area (Å²) in [4.78, 5) is 0. The van der Waals surface area contributed by atoms with E-state index in [2.05, 4.69) is 26.0 Å². The summed E-state index contributed by atoms with van der Waals surface area (Å²) >= 11 is 0. The molecule has 180 valence electrons. The van der Waals surface area contributed by atoms with Gasteiger partial charge in [-0.25, -0.2) is 0 Å². The third-order valence-corrected chi connectivity index (χ3v) is 6.29. The van der Waals surface area contributed by atoms with E-state index in [4.69, 9.17) is 4.74 Å². The standard InChI is InChI=1S/C31H32O4/c1-21(2)19-20-35-29-17-9-25(10-18-29)31(24-7-15-28(34)16-8-24)30(22-3-11-26(32)12-4-22)23-5-13-27(33)14-6-23/h3-18,21,30-34H,19-20H2,1-2H3. The molecule has 0 aliphatic carbocycles. The fourth-order valence-corrected chi connectivity index (χ4v) is 4.38. The first-order chi connectivity index (χ1) is 16.9. The van der Waals surface area contributed by atoms with Crippen molar-refractivity contribution in [2.75, 3.05) is 6.61 Å². The minimum Gasteiger partial charge on any atom is -0.508 e. The lowest BCUT2D eigenvalue weighted by Crippen LogP contribution is -2.15. The Balaban J connectivity index is 1.79. The number of hydrogen-bond acceptors (Lipinski definition) is 4. The van der Waals surface area contributed by atoms with Crippen LogP contribution in [0.25, 0.3) is 0 Å². The van der Waals surface area contributed by atoms with Crippen LogP contribution in [0, 0.1) is 5.92 Å². The summed E-state index contributed by atoms with van der Waals surface area (Å²) in [6.07, 6.45) is 1.00. The molecule has 4 aromatic carbocycles. The Kier molecular flexibility index (Phi) is 7.61. The van der Waals surface area contributed by atoms with Crippen molar-refractivity contribution in [1.82, 2.24) is 0 Å². The van der Waals surface area contributed by atoms with Gasteiger partial charge >= 0.3 is 0 Å². The van der Waals surface area contributed by atoms with Crippen LogP contribution < -0.4 is 4.74 Å². The fraction of sp³-hybridized carbons (Fsp3) is 0.226. The van der Waals surface area contributed by atoms with Crippen LogP contribution in [0.4, 0.5) is 0 Å². The average Bonchev–Trinajstić information content (AvgIpc) is 2.85. The van der Waals surface area contributed by atoms with E-state index >= 15 is 0 Å². The van der Waals surface area contributed by atoms with Gasteiger partial charge in [0.05, 0.1) is 6.61 Å². The molecule has 4 aromatic rings. The fourth-order valence-electron chi connectivity index (χ4n) is 4.38. The van der Waals surface area contributed by atoms with Gasteiger partial charge in [0.25, 0.3) is 0 Å². The van der Waals surface area contributed by atoms with Crippen LogP contribution in [-0.2, 0) is 0 Å². The van der Waals surface area contributed by atoms with Gasteiger partial charge in [0, 0.05) is 11.8 Å². The van der Waals surface area contributed by atoms with Crippen LogP contribution in [0.1, 0.15) is 54.4 Å². The van der Waals surface area contributed by atoms with Crippen LogP contribution in [0.3, 0.4) is 0 Å². The van der Waals surface area contributed by atoms with Gasteiger partial charge in [-0.2, -0.15) is 0 Å². The van der Waals surface area contributed by atoms with Gasteiger partial charge in [-0.3, -0.25) is 0 Å². The molecule has 0 heterocycles. The Bertz CT molecular complexity index is 1150. The van der Waals surface area contributed by atoms with Crippen molar-refractivity contribution >= 4 is 0 Å². The highest BCUT2D eigenvalue weighted by Crippen LogP contribution is 2.44. The Morgan fingerprint density at radius 3 is 1.14 bits per heavy atom. The largest absolute Gasteiger partial charge is 0.508 e. The third kappa shape index (κ3) is 6.15. The molecule has 0 aliphatic rings. The number of benzene rings is 4. The van der Waals surface area contributed by atoms with Gasteiger partial charge in [0.15, 0.2) is 0 Å². The minimum absolute atomic E-state index is 0.0885. The number of phenols is 3. The summed E-state index contributed by atoms with van der Waals surface area (Å²) < 4.78 is 5.94. The van der Waals surface area contributed by atoms with Crippen molar-refractivity contribution in [3.63, 3.8) is 0 Å². The molecule has 0 spiro atoms. The summed E-state index contributed by atoms with van der Waals surface area (Å²) in [6.45, 7) is 5.05. The molecule has 0 aliphatic heterocycles. The Morgan fingerprint density at radius 1 is 0.514 bits per heavy atom. The minimum atomic E-state index is -0.103. The van der Waals surface area contributed by atoms with E-state index in [1.807, 2.05) is 48.5 Å². The normalized spacial score (nSPS) is 12.1. The molecule has 1 atom stereocenters. The van der Waals surface area contributed by atoms with E-state index in [1.54, 1.807) is 36.4 Å². The van der Waals surface area contributed by atoms with Gasteiger partial charge in [0.2, 0.25) is 0 Å². The lowest BCUT2D eigenvalue weighted by molar-refractivity contribution is 0.289. The van der Waals surface area contributed by atoms with Crippen molar-refractivity contribution in [1.29, 1.82) is 0 Å².